The third-order valence-corrected chi connectivity index (χ3v) is 2.09. The smallest absolute Gasteiger partial charge is 0.0897 e. The molecule has 0 fully saturated rings. The molecule has 0 spiro atoms. The lowest BCUT2D eigenvalue weighted by atomic mass is 10.1. The number of nitrogens with one attached hydrogen (secondary N) is 1. The van der Waals surface area contributed by atoms with Gasteiger partial charge in [-0.2, -0.15) is 0 Å². The predicted octanol–water partition coefficient (Wildman–Crippen LogP) is 1.18. The molecule has 16 heavy (non-hydrogen) atoms. The summed E-state index contributed by atoms with van der Waals surface area (Å²) in [4.78, 5) is 0. The van der Waals surface area contributed by atoms with Crippen LogP contribution in [0.3, 0.4) is 0 Å². The zero-order chi connectivity index (χ0) is 12.6. The molecule has 0 amide bonds. The summed E-state index contributed by atoms with van der Waals surface area (Å²) in [7, 11) is 0. The minimum Gasteiger partial charge on any atom is -0.389 e. The van der Waals surface area contributed by atoms with Crippen LogP contribution in [0.2, 0.25) is 0 Å². The number of hydrogen-bond acceptors (Lipinski definition) is 4. The Balaban J connectivity index is 3.57. The van der Waals surface area contributed by atoms with Crippen LogP contribution in [0.1, 0.15) is 34.6 Å². The van der Waals surface area contributed by atoms with Gasteiger partial charge in [0, 0.05) is 19.7 Å². The Hall–Kier alpha value is -0.160. The Bertz CT molecular complexity index is 172. The SMILES string of the molecule is CCOC(C)(C)CNCC(O)COC(C)C. The summed E-state index contributed by atoms with van der Waals surface area (Å²) < 4.78 is 10.8. The minimum absolute atomic E-state index is 0.162. The number of rotatable bonds is 9. The standard InChI is InChI=1S/C12H27NO3/c1-6-16-12(4,5)9-13-7-11(14)8-15-10(2)3/h10-11,13-14H,6-9H2,1-5H3. The van der Waals surface area contributed by atoms with Gasteiger partial charge in [-0.25, -0.2) is 0 Å². The van der Waals surface area contributed by atoms with Crippen molar-refractivity contribution in [3.05, 3.63) is 0 Å². The summed E-state index contributed by atoms with van der Waals surface area (Å²) >= 11 is 0. The van der Waals surface area contributed by atoms with Crippen molar-refractivity contribution < 1.29 is 14.6 Å². The van der Waals surface area contributed by atoms with Crippen LogP contribution in [-0.2, 0) is 9.47 Å². The summed E-state index contributed by atoms with van der Waals surface area (Å²) in [6.07, 6.45) is -0.297. The summed E-state index contributed by atoms with van der Waals surface area (Å²) in [5.41, 5.74) is -0.187. The van der Waals surface area contributed by atoms with E-state index < -0.39 is 6.10 Å². The number of aliphatic hydroxyl groups excluding tert-OH is 1. The highest BCUT2D eigenvalue weighted by molar-refractivity contribution is 4.72. The van der Waals surface area contributed by atoms with E-state index in [0.717, 1.165) is 6.54 Å². The van der Waals surface area contributed by atoms with Gasteiger partial charge in [-0.15, -0.1) is 0 Å². The molecule has 0 rings (SSSR count). The highest BCUT2D eigenvalue weighted by atomic mass is 16.5. The van der Waals surface area contributed by atoms with Crippen LogP contribution in [0.5, 0.6) is 0 Å². The molecule has 0 aromatic heterocycles. The van der Waals surface area contributed by atoms with Crippen molar-refractivity contribution in [3.63, 3.8) is 0 Å². The molecule has 0 aliphatic rings. The Morgan fingerprint density at radius 1 is 1.31 bits per heavy atom. The zero-order valence-corrected chi connectivity index (χ0v) is 11.2. The fourth-order valence-electron chi connectivity index (χ4n) is 1.34. The Morgan fingerprint density at radius 3 is 2.44 bits per heavy atom. The predicted molar refractivity (Wildman–Crippen MR) is 65.7 cm³/mol. The molecule has 2 N–H and O–H groups in total. The van der Waals surface area contributed by atoms with E-state index in [2.05, 4.69) is 5.32 Å². The van der Waals surface area contributed by atoms with Gasteiger partial charge in [-0.05, 0) is 34.6 Å². The molecule has 0 heterocycles. The van der Waals surface area contributed by atoms with Gasteiger partial charge in [0.2, 0.25) is 0 Å². The number of hydrogen-bond donors (Lipinski definition) is 2. The molecule has 0 aliphatic carbocycles. The molecule has 98 valence electrons. The quantitative estimate of drug-likeness (QED) is 0.628. The van der Waals surface area contributed by atoms with Crippen molar-refractivity contribution >= 4 is 0 Å². The fraction of sp³-hybridized carbons (Fsp3) is 1.00. The highest BCUT2D eigenvalue weighted by Crippen LogP contribution is 2.06. The molecule has 0 aromatic carbocycles. The van der Waals surface area contributed by atoms with E-state index in [1.54, 1.807) is 0 Å². The van der Waals surface area contributed by atoms with Gasteiger partial charge < -0.3 is 19.9 Å². The van der Waals surface area contributed by atoms with E-state index in [0.29, 0.717) is 19.8 Å². The molecular weight excluding hydrogens is 206 g/mol. The largest absolute Gasteiger partial charge is 0.389 e. The van der Waals surface area contributed by atoms with E-state index in [1.807, 2.05) is 34.6 Å². The van der Waals surface area contributed by atoms with E-state index in [4.69, 9.17) is 9.47 Å². The molecular formula is C12H27NO3. The lowest BCUT2D eigenvalue weighted by molar-refractivity contribution is -0.0174. The van der Waals surface area contributed by atoms with E-state index in [1.165, 1.54) is 0 Å². The van der Waals surface area contributed by atoms with E-state index in [-0.39, 0.29) is 11.7 Å². The average molecular weight is 233 g/mol. The Kier molecular flexibility index (Phi) is 7.93. The van der Waals surface area contributed by atoms with Crippen molar-refractivity contribution in [2.45, 2.75) is 52.4 Å². The van der Waals surface area contributed by atoms with Crippen LogP contribution in [-0.4, -0.2) is 49.2 Å². The van der Waals surface area contributed by atoms with Crippen molar-refractivity contribution in [1.29, 1.82) is 0 Å². The topological polar surface area (TPSA) is 50.7 Å². The lowest BCUT2D eigenvalue weighted by Gasteiger charge is -2.25. The number of ether oxygens (including phenoxy) is 2. The van der Waals surface area contributed by atoms with Crippen LogP contribution in [0.15, 0.2) is 0 Å². The van der Waals surface area contributed by atoms with Gasteiger partial charge >= 0.3 is 0 Å². The second-order valence-electron chi connectivity index (χ2n) is 4.86. The van der Waals surface area contributed by atoms with Crippen molar-refractivity contribution in [2.75, 3.05) is 26.3 Å². The van der Waals surface area contributed by atoms with Crippen molar-refractivity contribution in [2.24, 2.45) is 0 Å². The first-order valence-corrected chi connectivity index (χ1v) is 6.01. The fourth-order valence-corrected chi connectivity index (χ4v) is 1.34. The Morgan fingerprint density at radius 2 is 1.94 bits per heavy atom. The second kappa shape index (κ2) is 8.01. The minimum atomic E-state index is -0.458. The van der Waals surface area contributed by atoms with Gasteiger partial charge in [0.05, 0.1) is 24.4 Å². The van der Waals surface area contributed by atoms with Crippen LogP contribution < -0.4 is 5.32 Å². The number of aliphatic hydroxyl groups is 1. The normalized spacial score (nSPS) is 14.4. The summed E-state index contributed by atoms with van der Waals surface area (Å²) in [5.74, 6) is 0. The zero-order valence-electron chi connectivity index (χ0n) is 11.2. The molecule has 4 nitrogen and oxygen atoms in total. The highest BCUT2D eigenvalue weighted by Gasteiger charge is 2.17. The maximum atomic E-state index is 9.60. The Labute approximate surface area is 99.3 Å². The molecule has 4 heteroatoms. The third kappa shape index (κ3) is 9.09. The first-order valence-electron chi connectivity index (χ1n) is 6.01. The summed E-state index contributed by atoms with van der Waals surface area (Å²) in [6, 6.07) is 0. The molecule has 0 saturated heterocycles. The lowest BCUT2D eigenvalue weighted by Crippen LogP contribution is -2.41. The average Bonchev–Trinajstić information content (AvgIpc) is 2.14. The second-order valence-corrected chi connectivity index (χ2v) is 4.86. The summed E-state index contributed by atoms with van der Waals surface area (Å²) in [6.45, 7) is 12.3. The van der Waals surface area contributed by atoms with Crippen LogP contribution >= 0.6 is 0 Å². The maximum Gasteiger partial charge on any atom is 0.0897 e. The van der Waals surface area contributed by atoms with Gasteiger partial charge in [0.15, 0.2) is 0 Å². The van der Waals surface area contributed by atoms with Gasteiger partial charge in [-0.1, -0.05) is 0 Å². The molecule has 1 atom stereocenters. The van der Waals surface area contributed by atoms with Crippen LogP contribution in [0.4, 0.5) is 0 Å². The molecule has 0 radical (unpaired) electrons. The van der Waals surface area contributed by atoms with Crippen molar-refractivity contribution in [1.82, 2.24) is 5.32 Å². The third-order valence-electron chi connectivity index (χ3n) is 2.09. The first-order chi connectivity index (χ1) is 7.37. The van der Waals surface area contributed by atoms with E-state index in [9.17, 15) is 5.11 Å². The molecule has 1 unspecified atom stereocenters. The molecule has 0 aromatic rings. The van der Waals surface area contributed by atoms with E-state index >= 15 is 0 Å². The molecule has 0 aliphatic heterocycles. The van der Waals surface area contributed by atoms with Gasteiger partial charge in [-0.3, -0.25) is 0 Å². The molecule has 0 bridgehead atoms. The van der Waals surface area contributed by atoms with Crippen LogP contribution in [0.25, 0.3) is 0 Å². The first kappa shape index (κ1) is 15.8. The molecule has 0 saturated carbocycles. The van der Waals surface area contributed by atoms with Crippen molar-refractivity contribution in [3.8, 4) is 0 Å². The summed E-state index contributed by atoms with van der Waals surface area (Å²) in [5, 5.41) is 12.8. The maximum absolute atomic E-state index is 9.60. The van der Waals surface area contributed by atoms with Gasteiger partial charge in [0.1, 0.15) is 0 Å². The monoisotopic (exact) mass is 233 g/mol. The van der Waals surface area contributed by atoms with Gasteiger partial charge in [0.25, 0.3) is 0 Å². The van der Waals surface area contributed by atoms with Crippen LogP contribution in [0, 0.1) is 0 Å².